The van der Waals surface area contributed by atoms with Gasteiger partial charge in [-0.2, -0.15) is 0 Å². The number of imide groups is 1. The maximum absolute atomic E-state index is 14.3. The average Bonchev–Trinajstić information content (AvgIpc) is 3.16. The molecule has 6 nitrogen and oxygen atoms in total. The number of fused-ring (bicyclic) bond motifs is 1. The molecule has 1 aliphatic heterocycles. The fraction of sp³-hybridized carbons (Fsp3) is 0.0435. The SMILES string of the molecule is CN(C(=O)c1cc2c(cc1C=O)C(=O)N(c1c(F)c(F)c(F)c(F)c1F)C2=O)c1c(F)c(F)c(F)c(F)c1F. The van der Waals surface area contributed by atoms with Crippen LogP contribution in [0.25, 0.3) is 0 Å². The number of hydrogen-bond acceptors (Lipinski definition) is 4. The Hall–Kier alpha value is -4.76. The smallest absolute Gasteiger partial charge is 0.266 e. The molecule has 0 radical (unpaired) electrons. The first kappa shape index (κ1) is 27.3. The van der Waals surface area contributed by atoms with Crippen LogP contribution in [0.3, 0.4) is 0 Å². The van der Waals surface area contributed by atoms with Crippen LogP contribution in [0.15, 0.2) is 12.1 Å². The summed E-state index contributed by atoms with van der Waals surface area (Å²) in [7, 11) is 0.524. The van der Waals surface area contributed by atoms with Gasteiger partial charge in [-0.05, 0) is 12.1 Å². The van der Waals surface area contributed by atoms with E-state index in [1.807, 2.05) is 0 Å². The number of aldehydes is 1. The van der Waals surface area contributed by atoms with Gasteiger partial charge in [-0.25, -0.2) is 48.8 Å². The van der Waals surface area contributed by atoms with Crippen LogP contribution in [0.4, 0.5) is 55.3 Å². The molecule has 1 aliphatic rings. The third-order valence-electron chi connectivity index (χ3n) is 5.65. The first-order valence-electron chi connectivity index (χ1n) is 10.00. The molecular formula is C23H6F10N2O4. The van der Waals surface area contributed by atoms with Gasteiger partial charge >= 0.3 is 0 Å². The van der Waals surface area contributed by atoms with Crippen molar-refractivity contribution in [3.63, 3.8) is 0 Å². The van der Waals surface area contributed by atoms with Gasteiger partial charge in [-0.1, -0.05) is 0 Å². The van der Waals surface area contributed by atoms with E-state index in [9.17, 15) is 63.1 Å². The maximum Gasteiger partial charge on any atom is 0.266 e. The van der Waals surface area contributed by atoms with Gasteiger partial charge in [0.1, 0.15) is 11.4 Å². The summed E-state index contributed by atoms with van der Waals surface area (Å²) in [6.45, 7) is 0. The highest BCUT2D eigenvalue weighted by Gasteiger charge is 2.43. The zero-order valence-corrected chi connectivity index (χ0v) is 18.5. The molecule has 0 fully saturated rings. The molecule has 0 N–H and O–H groups in total. The van der Waals surface area contributed by atoms with Crippen LogP contribution >= 0.6 is 0 Å². The predicted molar refractivity (Wildman–Crippen MR) is 108 cm³/mol. The van der Waals surface area contributed by atoms with E-state index in [1.165, 1.54) is 0 Å². The summed E-state index contributed by atoms with van der Waals surface area (Å²) < 4.78 is 138. The summed E-state index contributed by atoms with van der Waals surface area (Å²) in [6, 6.07) is 0.879. The van der Waals surface area contributed by atoms with Crippen molar-refractivity contribution in [3.05, 3.63) is 92.6 Å². The van der Waals surface area contributed by atoms with E-state index in [2.05, 4.69) is 0 Å². The van der Waals surface area contributed by atoms with Crippen LogP contribution in [0, 0.1) is 58.2 Å². The molecule has 1 heterocycles. The zero-order chi connectivity index (χ0) is 29.2. The van der Waals surface area contributed by atoms with Crippen LogP contribution in [0.5, 0.6) is 0 Å². The lowest BCUT2D eigenvalue weighted by atomic mass is 9.99. The van der Waals surface area contributed by atoms with Crippen molar-refractivity contribution in [3.8, 4) is 0 Å². The van der Waals surface area contributed by atoms with Crippen LogP contribution in [0.1, 0.15) is 41.4 Å². The highest BCUT2D eigenvalue weighted by molar-refractivity contribution is 6.35. The first-order valence-corrected chi connectivity index (χ1v) is 10.00. The number of amides is 3. The molecule has 202 valence electrons. The summed E-state index contributed by atoms with van der Waals surface area (Å²) in [5.41, 5.74) is -7.34. The highest BCUT2D eigenvalue weighted by atomic mass is 19.2. The second-order valence-corrected chi connectivity index (χ2v) is 7.75. The molecule has 0 spiro atoms. The zero-order valence-electron chi connectivity index (χ0n) is 18.5. The summed E-state index contributed by atoms with van der Waals surface area (Å²) in [4.78, 5) is 49.5. The topological polar surface area (TPSA) is 74.8 Å². The van der Waals surface area contributed by atoms with Gasteiger partial charge in [-0.15, -0.1) is 0 Å². The summed E-state index contributed by atoms with van der Waals surface area (Å²) in [5.74, 6) is -30.1. The van der Waals surface area contributed by atoms with E-state index >= 15 is 0 Å². The second-order valence-electron chi connectivity index (χ2n) is 7.75. The van der Waals surface area contributed by atoms with Gasteiger partial charge in [0.15, 0.2) is 52.8 Å². The summed E-state index contributed by atoms with van der Waals surface area (Å²) in [6.07, 6.45) is -0.140. The molecule has 0 saturated carbocycles. The van der Waals surface area contributed by atoms with Crippen molar-refractivity contribution in [1.29, 1.82) is 0 Å². The van der Waals surface area contributed by atoms with Gasteiger partial charge < -0.3 is 4.90 Å². The lowest BCUT2D eigenvalue weighted by Gasteiger charge is -2.20. The van der Waals surface area contributed by atoms with E-state index in [1.54, 1.807) is 0 Å². The Balaban J connectivity index is 1.87. The van der Waals surface area contributed by atoms with Gasteiger partial charge in [0.2, 0.25) is 11.6 Å². The van der Waals surface area contributed by atoms with E-state index in [4.69, 9.17) is 0 Å². The molecule has 16 heteroatoms. The second kappa shape index (κ2) is 9.21. The van der Waals surface area contributed by atoms with Crippen molar-refractivity contribution in [2.24, 2.45) is 0 Å². The first-order chi connectivity index (χ1) is 18.2. The van der Waals surface area contributed by atoms with Gasteiger partial charge in [0, 0.05) is 12.6 Å². The Bertz CT molecular complexity index is 1620. The number of rotatable bonds is 4. The molecule has 0 saturated heterocycles. The van der Waals surface area contributed by atoms with Gasteiger partial charge in [0.25, 0.3) is 17.7 Å². The Morgan fingerprint density at radius 1 is 0.667 bits per heavy atom. The van der Waals surface area contributed by atoms with Crippen molar-refractivity contribution < 1.29 is 63.1 Å². The number of anilines is 2. The number of benzene rings is 3. The molecule has 3 aromatic rings. The standard InChI is InChI=1S/C23H6F10N2O4/c1-34(19-15(30)11(26)9(24)12(27)16(19)31)21(37)6-3-8-7(2-5(6)4-36)22(38)35(23(8)39)20-17(32)13(28)10(25)14(29)18(20)33/h2-4H,1H3. The molecule has 0 unspecified atom stereocenters. The largest absolute Gasteiger partial charge is 0.306 e. The fourth-order valence-corrected chi connectivity index (χ4v) is 3.75. The van der Waals surface area contributed by atoms with E-state index in [0.29, 0.717) is 19.2 Å². The normalized spacial score (nSPS) is 12.7. The number of carbonyl (C=O) groups is 4. The maximum atomic E-state index is 14.3. The molecule has 0 aliphatic carbocycles. The third kappa shape index (κ3) is 3.73. The molecular weight excluding hydrogens is 558 g/mol. The number of carbonyl (C=O) groups excluding carboxylic acids is 4. The molecule has 0 aromatic heterocycles. The summed E-state index contributed by atoms with van der Waals surface area (Å²) >= 11 is 0. The number of hydrogen-bond donors (Lipinski definition) is 0. The predicted octanol–water partition coefficient (Wildman–Crippen LogP) is 4.97. The highest BCUT2D eigenvalue weighted by Crippen LogP contribution is 2.37. The minimum absolute atomic E-state index is 0.117. The quantitative estimate of drug-likeness (QED) is 0.148. The Labute approximate surface area is 208 Å². The van der Waals surface area contributed by atoms with Crippen LogP contribution in [-0.2, 0) is 0 Å². The molecule has 3 aromatic carbocycles. The van der Waals surface area contributed by atoms with Gasteiger partial charge in [0.05, 0.1) is 16.7 Å². The monoisotopic (exact) mass is 564 g/mol. The molecule has 0 bridgehead atoms. The Morgan fingerprint density at radius 2 is 1.05 bits per heavy atom. The fourth-order valence-electron chi connectivity index (χ4n) is 3.75. The minimum atomic E-state index is -2.60. The van der Waals surface area contributed by atoms with E-state index < -0.39 is 114 Å². The van der Waals surface area contributed by atoms with Crippen molar-refractivity contribution in [2.45, 2.75) is 0 Å². The molecule has 39 heavy (non-hydrogen) atoms. The molecule has 0 atom stereocenters. The molecule has 4 rings (SSSR count). The van der Waals surface area contributed by atoms with Crippen LogP contribution in [0.2, 0.25) is 0 Å². The number of nitrogens with zero attached hydrogens (tertiary/aromatic N) is 2. The average molecular weight is 564 g/mol. The van der Waals surface area contributed by atoms with Crippen molar-refractivity contribution in [2.75, 3.05) is 16.8 Å². The molecule has 3 amide bonds. The van der Waals surface area contributed by atoms with E-state index in [0.717, 1.165) is 0 Å². The van der Waals surface area contributed by atoms with Gasteiger partial charge in [-0.3, -0.25) is 19.2 Å². The van der Waals surface area contributed by atoms with Crippen molar-refractivity contribution in [1.82, 2.24) is 0 Å². The van der Waals surface area contributed by atoms with Crippen molar-refractivity contribution >= 4 is 35.4 Å². The Kier molecular flexibility index (Phi) is 6.44. The lowest BCUT2D eigenvalue weighted by molar-refractivity contribution is 0.0921. The van der Waals surface area contributed by atoms with Crippen LogP contribution in [-0.4, -0.2) is 31.1 Å². The minimum Gasteiger partial charge on any atom is -0.306 e. The van der Waals surface area contributed by atoms with E-state index in [-0.39, 0.29) is 11.2 Å². The summed E-state index contributed by atoms with van der Waals surface area (Å²) in [5, 5.41) is 0. The lowest BCUT2D eigenvalue weighted by Crippen LogP contribution is -2.32. The number of halogens is 10. The van der Waals surface area contributed by atoms with Crippen LogP contribution < -0.4 is 9.80 Å². The Morgan fingerprint density at radius 3 is 1.49 bits per heavy atom. The third-order valence-corrected chi connectivity index (χ3v) is 5.65.